The summed E-state index contributed by atoms with van der Waals surface area (Å²) in [7, 11) is 0. The van der Waals surface area contributed by atoms with Crippen LogP contribution in [0.2, 0.25) is 0 Å². The summed E-state index contributed by atoms with van der Waals surface area (Å²) in [5, 5.41) is 1.08. The van der Waals surface area contributed by atoms with Crippen molar-refractivity contribution in [3.8, 4) is 0 Å². The summed E-state index contributed by atoms with van der Waals surface area (Å²) in [5.41, 5.74) is 1.82. The van der Waals surface area contributed by atoms with E-state index in [2.05, 4.69) is 4.98 Å². The predicted molar refractivity (Wildman–Crippen MR) is 92.1 cm³/mol. The van der Waals surface area contributed by atoms with E-state index in [0.29, 0.717) is 6.61 Å². The number of rotatable bonds is 4. The van der Waals surface area contributed by atoms with Gasteiger partial charge in [-0.15, -0.1) is 0 Å². The normalized spacial score (nSPS) is 26.7. The molecule has 1 aromatic carbocycles. The molecule has 24 heavy (non-hydrogen) atoms. The number of amides is 1. The molecule has 5 heteroatoms. The Morgan fingerprint density at radius 2 is 2.25 bits per heavy atom. The third-order valence-electron chi connectivity index (χ3n) is 5.20. The maximum absolute atomic E-state index is 13.0. The van der Waals surface area contributed by atoms with Gasteiger partial charge in [0.05, 0.1) is 24.9 Å². The Morgan fingerprint density at radius 3 is 3.12 bits per heavy atom. The van der Waals surface area contributed by atoms with Gasteiger partial charge in [0.25, 0.3) is 5.91 Å². The highest BCUT2D eigenvalue weighted by molar-refractivity contribution is 5.98. The van der Waals surface area contributed by atoms with E-state index >= 15 is 0 Å². The van der Waals surface area contributed by atoms with Gasteiger partial charge in [-0.3, -0.25) is 4.79 Å². The van der Waals surface area contributed by atoms with Gasteiger partial charge in [0.15, 0.2) is 0 Å². The monoisotopic (exact) mass is 328 g/mol. The van der Waals surface area contributed by atoms with Crippen molar-refractivity contribution in [3.63, 3.8) is 0 Å². The lowest BCUT2D eigenvalue weighted by Crippen LogP contribution is -2.45. The van der Waals surface area contributed by atoms with Crippen LogP contribution in [0.5, 0.6) is 0 Å². The minimum Gasteiger partial charge on any atom is -0.379 e. The van der Waals surface area contributed by atoms with Gasteiger partial charge in [0.1, 0.15) is 0 Å². The molecule has 0 unspecified atom stereocenters. The molecule has 2 aliphatic rings. The highest BCUT2D eigenvalue weighted by Gasteiger charge is 2.42. The molecule has 1 aromatic heterocycles. The lowest BCUT2D eigenvalue weighted by atomic mass is 9.99. The molecule has 5 nitrogen and oxygen atoms in total. The first-order valence-corrected chi connectivity index (χ1v) is 8.87. The number of likely N-dealkylation sites (tertiary alicyclic amines) is 1. The molecule has 0 saturated carbocycles. The quantitative estimate of drug-likeness (QED) is 0.939. The van der Waals surface area contributed by atoms with Crippen LogP contribution in [-0.4, -0.2) is 53.8 Å². The molecule has 2 aromatic rings. The molecule has 1 N–H and O–H groups in total. The first-order chi connectivity index (χ1) is 11.8. The maximum atomic E-state index is 13.0. The Hall–Kier alpha value is -1.85. The van der Waals surface area contributed by atoms with Crippen LogP contribution in [0.4, 0.5) is 0 Å². The van der Waals surface area contributed by atoms with E-state index in [0.717, 1.165) is 48.9 Å². The number of ether oxygens (including phenoxy) is 2. The number of aromatic amines is 1. The molecule has 0 radical (unpaired) electrons. The number of carbonyl (C=O) groups is 1. The number of fused-ring (bicyclic) bond motifs is 2. The van der Waals surface area contributed by atoms with E-state index in [4.69, 9.17) is 9.47 Å². The van der Waals surface area contributed by atoms with Crippen LogP contribution >= 0.6 is 0 Å². The molecule has 2 aliphatic heterocycles. The molecule has 4 rings (SSSR count). The van der Waals surface area contributed by atoms with Crippen molar-refractivity contribution in [1.29, 1.82) is 0 Å². The summed E-state index contributed by atoms with van der Waals surface area (Å²) in [4.78, 5) is 18.1. The van der Waals surface area contributed by atoms with Gasteiger partial charge in [-0.1, -0.05) is 0 Å². The van der Waals surface area contributed by atoms with Gasteiger partial charge in [0.2, 0.25) is 0 Å². The highest BCUT2D eigenvalue weighted by Crippen LogP contribution is 2.32. The minimum absolute atomic E-state index is 0.123. The summed E-state index contributed by atoms with van der Waals surface area (Å²) < 4.78 is 11.7. The Balaban J connectivity index is 1.46. The SMILES string of the molecule is CCOC[C@@H]1CC[C@H]2[C@H](CCN2C(=O)c2ccc3[nH]ccc3c2)O1. The van der Waals surface area contributed by atoms with E-state index in [1.165, 1.54) is 0 Å². The minimum atomic E-state index is 0.123. The van der Waals surface area contributed by atoms with Crippen LogP contribution in [0.15, 0.2) is 30.5 Å². The molecule has 1 amide bonds. The van der Waals surface area contributed by atoms with Gasteiger partial charge < -0.3 is 19.4 Å². The Bertz CT molecular complexity index is 726. The predicted octanol–water partition coefficient (Wildman–Crippen LogP) is 2.97. The highest BCUT2D eigenvalue weighted by atomic mass is 16.5. The molecule has 0 aliphatic carbocycles. The van der Waals surface area contributed by atoms with E-state index in [9.17, 15) is 4.79 Å². The third kappa shape index (κ3) is 2.82. The van der Waals surface area contributed by atoms with Crippen molar-refractivity contribution in [2.45, 2.75) is 44.4 Å². The molecule has 0 spiro atoms. The van der Waals surface area contributed by atoms with Gasteiger partial charge in [-0.25, -0.2) is 0 Å². The molecule has 128 valence electrons. The molecular weight excluding hydrogens is 304 g/mol. The van der Waals surface area contributed by atoms with Crippen LogP contribution in [0, 0.1) is 0 Å². The largest absolute Gasteiger partial charge is 0.379 e. The summed E-state index contributed by atoms with van der Waals surface area (Å²) in [6, 6.07) is 8.07. The number of nitrogens with zero attached hydrogens (tertiary/aromatic N) is 1. The summed E-state index contributed by atoms with van der Waals surface area (Å²) in [6.45, 7) is 4.17. The second-order valence-corrected chi connectivity index (χ2v) is 6.67. The Labute approximate surface area is 141 Å². The zero-order valence-electron chi connectivity index (χ0n) is 14.0. The molecule has 3 atom stereocenters. The standard InChI is InChI=1S/C19H24N2O3/c1-2-23-12-15-4-6-17-18(24-15)8-10-21(17)19(22)14-3-5-16-13(11-14)7-9-20-16/h3,5,7,9,11,15,17-18,20H,2,4,6,8,10,12H2,1H3/t15-,17-,18-/m0/s1. The van der Waals surface area contributed by atoms with Crippen molar-refractivity contribution in [3.05, 3.63) is 36.0 Å². The van der Waals surface area contributed by atoms with Gasteiger partial charge in [-0.05, 0) is 50.5 Å². The van der Waals surface area contributed by atoms with E-state index in [1.54, 1.807) is 0 Å². The number of aromatic nitrogens is 1. The van der Waals surface area contributed by atoms with Crippen molar-refractivity contribution in [2.75, 3.05) is 19.8 Å². The number of benzene rings is 1. The summed E-state index contributed by atoms with van der Waals surface area (Å²) >= 11 is 0. The summed E-state index contributed by atoms with van der Waals surface area (Å²) in [6.07, 6.45) is 5.12. The van der Waals surface area contributed by atoms with E-state index < -0.39 is 0 Å². The van der Waals surface area contributed by atoms with Crippen LogP contribution in [-0.2, 0) is 9.47 Å². The fraction of sp³-hybridized carbons (Fsp3) is 0.526. The average Bonchev–Trinajstić information content (AvgIpc) is 3.24. The fourth-order valence-electron chi connectivity index (χ4n) is 3.97. The van der Waals surface area contributed by atoms with E-state index in [1.807, 2.05) is 42.3 Å². The van der Waals surface area contributed by atoms with Gasteiger partial charge in [0, 0.05) is 35.8 Å². The fourth-order valence-corrected chi connectivity index (χ4v) is 3.97. The third-order valence-corrected chi connectivity index (χ3v) is 5.20. The van der Waals surface area contributed by atoms with Crippen molar-refractivity contribution < 1.29 is 14.3 Å². The molecule has 2 fully saturated rings. The maximum Gasteiger partial charge on any atom is 0.254 e. The van der Waals surface area contributed by atoms with Crippen molar-refractivity contribution in [2.24, 2.45) is 0 Å². The number of H-pyrrole nitrogens is 1. The molecule has 2 saturated heterocycles. The van der Waals surface area contributed by atoms with Crippen LogP contribution in [0.1, 0.15) is 36.5 Å². The molecular formula is C19H24N2O3. The first kappa shape index (κ1) is 15.7. The second-order valence-electron chi connectivity index (χ2n) is 6.67. The summed E-state index contributed by atoms with van der Waals surface area (Å²) in [5.74, 6) is 0.123. The Morgan fingerprint density at radius 1 is 1.33 bits per heavy atom. The first-order valence-electron chi connectivity index (χ1n) is 8.87. The zero-order chi connectivity index (χ0) is 16.5. The smallest absolute Gasteiger partial charge is 0.254 e. The number of carbonyl (C=O) groups excluding carboxylic acids is 1. The second kappa shape index (κ2) is 6.57. The number of hydrogen-bond acceptors (Lipinski definition) is 3. The zero-order valence-corrected chi connectivity index (χ0v) is 14.0. The topological polar surface area (TPSA) is 54.6 Å². The van der Waals surface area contributed by atoms with Crippen LogP contribution in [0.3, 0.4) is 0 Å². The Kier molecular flexibility index (Phi) is 4.29. The lowest BCUT2D eigenvalue weighted by Gasteiger charge is -2.35. The average molecular weight is 328 g/mol. The lowest BCUT2D eigenvalue weighted by molar-refractivity contribution is -0.0951. The number of nitrogens with one attached hydrogen (secondary N) is 1. The van der Waals surface area contributed by atoms with Crippen LogP contribution < -0.4 is 0 Å². The molecule has 0 bridgehead atoms. The van der Waals surface area contributed by atoms with Crippen molar-refractivity contribution in [1.82, 2.24) is 9.88 Å². The van der Waals surface area contributed by atoms with E-state index in [-0.39, 0.29) is 24.2 Å². The number of hydrogen-bond donors (Lipinski definition) is 1. The molecule has 3 heterocycles. The van der Waals surface area contributed by atoms with Gasteiger partial charge in [-0.2, -0.15) is 0 Å². The van der Waals surface area contributed by atoms with Crippen LogP contribution in [0.25, 0.3) is 10.9 Å². The van der Waals surface area contributed by atoms with Crippen molar-refractivity contribution >= 4 is 16.8 Å². The van der Waals surface area contributed by atoms with Gasteiger partial charge >= 0.3 is 0 Å².